The highest BCUT2D eigenvalue weighted by molar-refractivity contribution is 7.90. The van der Waals surface area contributed by atoms with Crippen LogP contribution in [0.4, 0.5) is 13.2 Å². The Morgan fingerprint density at radius 2 is 1.96 bits per heavy atom. The van der Waals surface area contributed by atoms with Crippen LogP contribution in [0.2, 0.25) is 0 Å². The van der Waals surface area contributed by atoms with Gasteiger partial charge in [-0.1, -0.05) is 24.3 Å². The zero-order chi connectivity index (χ0) is 18.9. The van der Waals surface area contributed by atoms with E-state index in [2.05, 4.69) is 10.3 Å². The van der Waals surface area contributed by atoms with E-state index < -0.39 is 21.6 Å². The van der Waals surface area contributed by atoms with Gasteiger partial charge in [-0.25, -0.2) is 8.42 Å². The van der Waals surface area contributed by atoms with Crippen LogP contribution in [0.3, 0.4) is 0 Å². The molecule has 0 saturated carbocycles. The van der Waals surface area contributed by atoms with E-state index in [-0.39, 0.29) is 16.5 Å². The summed E-state index contributed by atoms with van der Waals surface area (Å²) in [6.07, 6.45) is 1.82. The second-order valence-electron chi connectivity index (χ2n) is 6.12. The molecule has 1 atom stereocenters. The van der Waals surface area contributed by atoms with E-state index in [9.17, 15) is 21.6 Å². The number of alkyl halides is 3. The van der Waals surface area contributed by atoms with Crippen molar-refractivity contribution < 1.29 is 21.6 Å². The maximum absolute atomic E-state index is 13.2. The summed E-state index contributed by atoms with van der Waals surface area (Å²) >= 11 is 0. The lowest BCUT2D eigenvalue weighted by Crippen LogP contribution is -2.25. The number of nitrogens with one attached hydrogen (secondary N) is 1. The second kappa shape index (κ2) is 6.85. The van der Waals surface area contributed by atoms with Crippen molar-refractivity contribution in [1.29, 1.82) is 0 Å². The van der Waals surface area contributed by atoms with Crippen LogP contribution >= 0.6 is 0 Å². The lowest BCUT2D eigenvalue weighted by atomic mass is 9.95. The van der Waals surface area contributed by atoms with E-state index in [4.69, 9.17) is 0 Å². The monoisotopic (exact) mass is 382 g/mol. The van der Waals surface area contributed by atoms with Gasteiger partial charge >= 0.3 is 6.18 Å². The van der Waals surface area contributed by atoms with Gasteiger partial charge in [-0.2, -0.15) is 13.2 Å². The Labute approximate surface area is 149 Å². The molecule has 0 saturated heterocycles. The third-order valence-electron chi connectivity index (χ3n) is 4.17. The predicted molar refractivity (Wildman–Crippen MR) is 92.3 cm³/mol. The van der Waals surface area contributed by atoms with E-state index in [1.165, 1.54) is 18.2 Å². The van der Waals surface area contributed by atoms with Gasteiger partial charge in [-0.05, 0) is 30.2 Å². The summed E-state index contributed by atoms with van der Waals surface area (Å²) in [6, 6.07) is 6.71. The fourth-order valence-electron chi connectivity index (χ4n) is 2.85. The number of benzene rings is 1. The average Bonchev–Trinajstić information content (AvgIpc) is 2.60. The van der Waals surface area contributed by atoms with Gasteiger partial charge in [0.05, 0.1) is 22.2 Å². The first kappa shape index (κ1) is 18.6. The molecule has 0 fully saturated rings. The Kier molecular flexibility index (Phi) is 4.90. The van der Waals surface area contributed by atoms with Crippen LogP contribution < -0.4 is 5.32 Å². The van der Waals surface area contributed by atoms with E-state index in [0.29, 0.717) is 24.2 Å². The third-order valence-corrected chi connectivity index (χ3v) is 5.28. The van der Waals surface area contributed by atoms with Crippen LogP contribution in [0, 0.1) is 0 Å². The number of hydrogen-bond acceptors (Lipinski definition) is 4. The normalized spacial score (nSPS) is 18.1. The SMILES string of the molecule is CS(=O)(=O)c1cccc(-c2cc(C(F)(F)F)cnc2C2CC=CCN2)c1. The molecule has 1 aliphatic heterocycles. The number of sulfone groups is 1. The smallest absolute Gasteiger partial charge is 0.305 e. The number of nitrogens with zero attached hydrogens (tertiary/aromatic N) is 1. The van der Waals surface area contributed by atoms with Crippen molar-refractivity contribution in [2.24, 2.45) is 0 Å². The first-order valence-electron chi connectivity index (χ1n) is 7.92. The molecular formula is C18H17F3N2O2S. The molecule has 1 N–H and O–H groups in total. The van der Waals surface area contributed by atoms with Crippen molar-refractivity contribution in [2.45, 2.75) is 23.5 Å². The second-order valence-corrected chi connectivity index (χ2v) is 8.14. The number of rotatable bonds is 3. The molecule has 1 aromatic heterocycles. The molecule has 26 heavy (non-hydrogen) atoms. The van der Waals surface area contributed by atoms with Gasteiger partial charge in [0.15, 0.2) is 9.84 Å². The molecule has 8 heteroatoms. The minimum Gasteiger partial charge on any atom is -0.305 e. The lowest BCUT2D eigenvalue weighted by molar-refractivity contribution is -0.137. The van der Waals surface area contributed by atoms with Crippen LogP contribution in [0.5, 0.6) is 0 Å². The first-order valence-corrected chi connectivity index (χ1v) is 9.81. The Morgan fingerprint density at radius 3 is 2.58 bits per heavy atom. The van der Waals surface area contributed by atoms with Crippen LogP contribution in [0.1, 0.15) is 23.7 Å². The van der Waals surface area contributed by atoms with Crippen molar-refractivity contribution in [3.05, 3.63) is 59.9 Å². The van der Waals surface area contributed by atoms with Crippen molar-refractivity contribution >= 4 is 9.84 Å². The number of pyridine rings is 1. The summed E-state index contributed by atoms with van der Waals surface area (Å²) in [5.41, 5.74) is 0.261. The highest BCUT2D eigenvalue weighted by atomic mass is 32.2. The van der Waals surface area contributed by atoms with Gasteiger partial charge in [0.1, 0.15) is 0 Å². The molecule has 0 radical (unpaired) electrons. The summed E-state index contributed by atoms with van der Waals surface area (Å²) in [7, 11) is -3.48. The average molecular weight is 382 g/mol. The maximum atomic E-state index is 13.2. The Balaban J connectivity index is 2.18. The number of halogens is 3. The molecule has 1 aromatic carbocycles. The highest BCUT2D eigenvalue weighted by Crippen LogP contribution is 2.36. The van der Waals surface area contributed by atoms with Gasteiger partial charge < -0.3 is 5.32 Å². The summed E-state index contributed by atoms with van der Waals surface area (Å²) in [4.78, 5) is 4.12. The number of hydrogen-bond donors (Lipinski definition) is 1. The molecule has 138 valence electrons. The topological polar surface area (TPSA) is 59.1 Å². The summed E-state index contributed by atoms with van der Waals surface area (Å²) in [5.74, 6) is 0. The first-order chi connectivity index (χ1) is 12.2. The Morgan fingerprint density at radius 1 is 1.19 bits per heavy atom. The van der Waals surface area contributed by atoms with Crippen molar-refractivity contribution in [3.63, 3.8) is 0 Å². The molecule has 4 nitrogen and oxygen atoms in total. The van der Waals surface area contributed by atoms with Crippen molar-refractivity contribution in [3.8, 4) is 11.1 Å². The van der Waals surface area contributed by atoms with Crippen molar-refractivity contribution in [2.75, 3.05) is 12.8 Å². The molecule has 2 heterocycles. The maximum Gasteiger partial charge on any atom is 0.417 e. The molecule has 0 bridgehead atoms. The summed E-state index contributed by atoms with van der Waals surface area (Å²) in [6.45, 7) is 0.593. The third kappa shape index (κ3) is 3.96. The van der Waals surface area contributed by atoms with Gasteiger partial charge in [-0.3, -0.25) is 4.98 Å². The molecule has 1 aliphatic rings. The Bertz CT molecular complexity index is 953. The van der Waals surface area contributed by atoms with E-state index in [1.54, 1.807) is 6.07 Å². The molecule has 0 spiro atoms. The standard InChI is InChI=1S/C18H17F3N2O2S/c1-26(24,25)14-6-4-5-12(9-14)15-10-13(18(19,20)21)11-23-17(15)16-7-2-3-8-22-16/h2-6,9-11,16,22H,7-8H2,1H3. The van der Waals surface area contributed by atoms with Gasteiger partial charge in [0, 0.05) is 24.6 Å². The fourth-order valence-corrected chi connectivity index (χ4v) is 3.52. The quantitative estimate of drug-likeness (QED) is 0.822. The van der Waals surface area contributed by atoms with Gasteiger partial charge in [-0.15, -0.1) is 0 Å². The largest absolute Gasteiger partial charge is 0.417 e. The summed E-state index contributed by atoms with van der Waals surface area (Å²) in [5, 5.41) is 3.20. The van der Waals surface area contributed by atoms with Crippen LogP contribution in [-0.4, -0.2) is 26.2 Å². The molecule has 0 amide bonds. The highest BCUT2D eigenvalue weighted by Gasteiger charge is 2.32. The van der Waals surface area contributed by atoms with Gasteiger partial charge in [0.25, 0.3) is 0 Å². The Hall–Kier alpha value is -2.19. The zero-order valence-corrected chi connectivity index (χ0v) is 14.7. The zero-order valence-electron chi connectivity index (χ0n) is 13.9. The van der Waals surface area contributed by atoms with E-state index >= 15 is 0 Å². The number of aromatic nitrogens is 1. The van der Waals surface area contributed by atoms with Crippen LogP contribution in [0.15, 0.2) is 53.6 Å². The predicted octanol–water partition coefficient (Wildman–Crippen LogP) is 3.76. The fraction of sp³-hybridized carbons (Fsp3) is 0.278. The lowest BCUT2D eigenvalue weighted by Gasteiger charge is -2.23. The van der Waals surface area contributed by atoms with Crippen molar-refractivity contribution in [1.82, 2.24) is 10.3 Å². The molecule has 0 aliphatic carbocycles. The van der Waals surface area contributed by atoms with Gasteiger partial charge in [0.2, 0.25) is 0 Å². The minimum atomic E-state index is -4.53. The minimum absolute atomic E-state index is 0.0508. The molecule has 2 aromatic rings. The molecule has 1 unspecified atom stereocenters. The summed E-state index contributed by atoms with van der Waals surface area (Å²) < 4.78 is 63.1. The molecule has 3 rings (SSSR count). The van der Waals surface area contributed by atoms with E-state index in [1.807, 2.05) is 12.2 Å². The van der Waals surface area contributed by atoms with Crippen LogP contribution in [-0.2, 0) is 16.0 Å². The van der Waals surface area contributed by atoms with E-state index in [0.717, 1.165) is 18.5 Å². The molecular weight excluding hydrogens is 365 g/mol. The van der Waals surface area contributed by atoms with Crippen LogP contribution in [0.25, 0.3) is 11.1 Å².